The number of nitrogens with one attached hydrogen (secondary N) is 1. The molecule has 5 aromatic rings. The van der Waals surface area contributed by atoms with E-state index in [0.29, 0.717) is 11.9 Å². The first-order valence-electron chi connectivity index (χ1n) is 12.2. The van der Waals surface area contributed by atoms with Crippen molar-refractivity contribution in [1.29, 1.82) is 0 Å². The van der Waals surface area contributed by atoms with Crippen molar-refractivity contribution in [1.82, 2.24) is 14.9 Å². The summed E-state index contributed by atoms with van der Waals surface area (Å²) >= 11 is 0. The lowest BCUT2D eigenvalue weighted by Gasteiger charge is -2.17. The number of pyridine rings is 1. The lowest BCUT2D eigenvalue weighted by atomic mass is 9.88. The van der Waals surface area contributed by atoms with Crippen LogP contribution in [0.2, 0.25) is 0 Å². The summed E-state index contributed by atoms with van der Waals surface area (Å²) in [7, 11) is 0. The molecule has 8 heteroatoms. The predicted octanol–water partition coefficient (Wildman–Crippen LogP) is 5.97. The monoisotopic (exact) mass is 508 g/mol. The van der Waals surface area contributed by atoms with Gasteiger partial charge in [-0.15, -0.1) is 0 Å². The van der Waals surface area contributed by atoms with Gasteiger partial charge in [0.05, 0.1) is 17.2 Å². The van der Waals surface area contributed by atoms with E-state index >= 15 is 0 Å². The summed E-state index contributed by atoms with van der Waals surface area (Å²) in [6.45, 7) is 0.828. The molecule has 5 rings (SSSR count). The molecule has 0 saturated heterocycles. The number of aromatic nitrogens is 2. The van der Waals surface area contributed by atoms with Crippen LogP contribution in [0.1, 0.15) is 34.7 Å². The third-order valence-electron chi connectivity index (χ3n) is 6.53. The number of non-ortho nitro benzene ring substituents is 1. The van der Waals surface area contributed by atoms with Crippen molar-refractivity contribution < 1.29 is 14.1 Å². The average Bonchev–Trinajstić information content (AvgIpc) is 3.29. The van der Waals surface area contributed by atoms with E-state index < -0.39 is 10.8 Å². The van der Waals surface area contributed by atoms with E-state index in [1.165, 1.54) is 18.2 Å². The van der Waals surface area contributed by atoms with Gasteiger partial charge in [-0.3, -0.25) is 19.9 Å². The second-order valence-electron chi connectivity index (χ2n) is 9.06. The first-order valence-corrected chi connectivity index (χ1v) is 12.2. The quantitative estimate of drug-likeness (QED) is 0.196. The van der Waals surface area contributed by atoms with Gasteiger partial charge < -0.3 is 9.88 Å². The number of benzene rings is 3. The maximum atomic E-state index is 13.8. The molecule has 1 unspecified atom stereocenters. The van der Waals surface area contributed by atoms with Crippen LogP contribution in [0.4, 0.5) is 10.1 Å². The Balaban J connectivity index is 1.56. The fourth-order valence-corrected chi connectivity index (χ4v) is 4.67. The molecule has 0 aliphatic carbocycles. The molecule has 0 spiro atoms. The largest absolute Gasteiger partial charge is 0.350 e. The molecule has 38 heavy (non-hydrogen) atoms. The minimum atomic E-state index is -0.458. The van der Waals surface area contributed by atoms with Gasteiger partial charge >= 0.3 is 0 Å². The summed E-state index contributed by atoms with van der Waals surface area (Å²) in [5.74, 6) is -1.05. The molecule has 190 valence electrons. The van der Waals surface area contributed by atoms with Crippen LogP contribution < -0.4 is 5.32 Å². The van der Waals surface area contributed by atoms with Crippen LogP contribution in [-0.2, 0) is 17.9 Å². The average molecular weight is 509 g/mol. The van der Waals surface area contributed by atoms with E-state index in [1.54, 1.807) is 36.5 Å². The third kappa shape index (κ3) is 5.59. The SMILES string of the molecule is O=C(CC(c1ccc(F)cc1)c1cn(Cc2ccccc2)c2ccc([N+](=O)[O-])cc12)NCc1ccccn1. The fraction of sp³-hybridized carbons (Fsp3) is 0.133. The highest BCUT2D eigenvalue weighted by Crippen LogP contribution is 2.37. The highest BCUT2D eigenvalue weighted by atomic mass is 19.1. The number of nitro benzene ring substituents is 1. The van der Waals surface area contributed by atoms with Crippen molar-refractivity contribution >= 4 is 22.5 Å². The smallest absolute Gasteiger partial charge is 0.270 e. The fourth-order valence-electron chi connectivity index (χ4n) is 4.67. The van der Waals surface area contributed by atoms with Crippen molar-refractivity contribution in [2.45, 2.75) is 25.4 Å². The number of nitro groups is 1. The lowest BCUT2D eigenvalue weighted by molar-refractivity contribution is -0.384. The van der Waals surface area contributed by atoms with Crippen LogP contribution >= 0.6 is 0 Å². The molecule has 1 amide bonds. The number of hydrogen-bond donors (Lipinski definition) is 1. The molecular formula is C30H25FN4O3. The third-order valence-corrected chi connectivity index (χ3v) is 6.53. The summed E-state index contributed by atoms with van der Waals surface area (Å²) < 4.78 is 15.8. The van der Waals surface area contributed by atoms with Crippen LogP contribution in [0.5, 0.6) is 0 Å². The summed E-state index contributed by atoms with van der Waals surface area (Å²) in [4.78, 5) is 28.6. The summed E-state index contributed by atoms with van der Waals surface area (Å²) in [5, 5.41) is 15.2. The molecular weight excluding hydrogens is 483 g/mol. The van der Waals surface area contributed by atoms with Gasteiger partial charge in [-0.25, -0.2) is 4.39 Å². The van der Waals surface area contributed by atoms with Crippen molar-refractivity contribution in [3.63, 3.8) is 0 Å². The molecule has 2 aromatic heterocycles. The molecule has 1 N–H and O–H groups in total. The van der Waals surface area contributed by atoms with Crippen molar-refractivity contribution in [3.8, 4) is 0 Å². The second kappa shape index (κ2) is 11.0. The van der Waals surface area contributed by atoms with Gasteiger partial charge in [0, 0.05) is 54.3 Å². The number of rotatable bonds is 9. The first kappa shape index (κ1) is 24.8. The van der Waals surface area contributed by atoms with Crippen LogP contribution in [0.3, 0.4) is 0 Å². The molecule has 0 aliphatic rings. The summed E-state index contributed by atoms with van der Waals surface area (Å²) in [6.07, 6.45) is 3.68. The zero-order valence-corrected chi connectivity index (χ0v) is 20.5. The second-order valence-corrected chi connectivity index (χ2v) is 9.06. The summed E-state index contributed by atoms with van der Waals surface area (Å²) in [5.41, 5.74) is 4.09. The Bertz CT molecular complexity index is 1570. The highest BCUT2D eigenvalue weighted by Gasteiger charge is 2.24. The molecule has 7 nitrogen and oxygen atoms in total. The molecule has 0 saturated carbocycles. The Kier molecular flexibility index (Phi) is 7.21. The van der Waals surface area contributed by atoms with Gasteiger partial charge in [-0.2, -0.15) is 0 Å². The van der Waals surface area contributed by atoms with Gasteiger partial charge in [0.15, 0.2) is 0 Å². The number of carbonyl (C=O) groups is 1. The molecule has 1 atom stereocenters. The van der Waals surface area contributed by atoms with E-state index in [4.69, 9.17) is 0 Å². The Morgan fingerprint density at radius 1 is 1.00 bits per heavy atom. The first-order chi connectivity index (χ1) is 18.5. The Morgan fingerprint density at radius 3 is 2.47 bits per heavy atom. The van der Waals surface area contributed by atoms with Crippen molar-refractivity contribution in [2.75, 3.05) is 0 Å². The maximum Gasteiger partial charge on any atom is 0.270 e. The van der Waals surface area contributed by atoms with Gasteiger partial charge in [0.1, 0.15) is 5.82 Å². The van der Waals surface area contributed by atoms with E-state index in [-0.39, 0.29) is 30.4 Å². The molecule has 0 fully saturated rings. The van der Waals surface area contributed by atoms with Gasteiger partial charge in [0.2, 0.25) is 5.91 Å². The van der Waals surface area contributed by atoms with E-state index in [2.05, 4.69) is 10.3 Å². The molecule has 0 bridgehead atoms. The van der Waals surface area contributed by atoms with E-state index in [1.807, 2.05) is 53.2 Å². The molecule has 0 aliphatic heterocycles. The standard InChI is InChI=1S/C30H25FN4O3/c31-23-11-9-22(10-12-23)26(17-30(36)33-18-24-8-4-5-15-32-24)28-20-34(19-21-6-2-1-3-7-21)29-14-13-25(35(37)38)16-27(28)29/h1-16,20,26H,17-19H2,(H,33,36). The minimum absolute atomic E-state index is 0.0336. The number of amides is 1. The van der Waals surface area contributed by atoms with Crippen LogP contribution in [-0.4, -0.2) is 20.4 Å². The van der Waals surface area contributed by atoms with Crippen LogP contribution in [0.25, 0.3) is 10.9 Å². The van der Waals surface area contributed by atoms with E-state index in [0.717, 1.165) is 27.9 Å². The van der Waals surface area contributed by atoms with Crippen LogP contribution in [0.15, 0.2) is 103 Å². The Hall–Kier alpha value is -4.85. The van der Waals surface area contributed by atoms with Gasteiger partial charge in [-0.05, 0) is 47.0 Å². The predicted molar refractivity (Wildman–Crippen MR) is 143 cm³/mol. The topological polar surface area (TPSA) is 90.1 Å². The zero-order chi connectivity index (χ0) is 26.5. The van der Waals surface area contributed by atoms with Crippen molar-refractivity contribution in [3.05, 3.63) is 142 Å². The number of halogens is 1. The Labute approximate surface area is 218 Å². The normalized spacial score (nSPS) is 11.8. The maximum absolute atomic E-state index is 13.8. The number of carbonyl (C=O) groups excluding carboxylic acids is 1. The minimum Gasteiger partial charge on any atom is -0.350 e. The molecule has 3 aromatic carbocycles. The van der Waals surface area contributed by atoms with Crippen LogP contribution in [0, 0.1) is 15.9 Å². The van der Waals surface area contributed by atoms with E-state index in [9.17, 15) is 19.3 Å². The van der Waals surface area contributed by atoms with Crippen molar-refractivity contribution in [2.24, 2.45) is 0 Å². The number of hydrogen-bond acceptors (Lipinski definition) is 4. The number of nitrogens with zero attached hydrogens (tertiary/aromatic N) is 3. The highest BCUT2D eigenvalue weighted by molar-refractivity contribution is 5.88. The summed E-state index contributed by atoms with van der Waals surface area (Å²) in [6, 6.07) is 26.2. The Morgan fingerprint density at radius 2 is 1.76 bits per heavy atom. The number of fused-ring (bicyclic) bond motifs is 1. The lowest BCUT2D eigenvalue weighted by Crippen LogP contribution is -2.25. The zero-order valence-electron chi connectivity index (χ0n) is 20.5. The molecule has 0 radical (unpaired) electrons. The molecule has 2 heterocycles. The van der Waals surface area contributed by atoms with Gasteiger partial charge in [0.25, 0.3) is 5.69 Å². The van der Waals surface area contributed by atoms with Gasteiger partial charge in [-0.1, -0.05) is 48.5 Å².